The van der Waals surface area contributed by atoms with Gasteiger partial charge in [0.25, 0.3) is 5.91 Å². The smallest absolute Gasteiger partial charge is 0.338 e. The van der Waals surface area contributed by atoms with Crippen LogP contribution in [-0.4, -0.2) is 65.7 Å². The third kappa shape index (κ3) is 7.35. The Morgan fingerprint density at radius 3 is 2.44 bits per heavy atom. The van der Waals surface area contributed by atoms with E-state index in [-0.39, 0.29) is 37.2 Å². The highest BCUT2D eigenvalue weighted by Gasteiger charge is 2.36. The number of carbonyl (C=O) groups excluding carboxylic acids is 4. The zero-order chi connectivity index (χ0) is 31.5. The minimum absolute atomic E-state index is 0.0904. The predicted octanol–water partition coefficient (Wildman–Crippen LogP) is 4.51. The molecule has 3 aromatic rings. The summed E-state index contributed by atoms with van der Waals surface area (Å²) in [6.45, 7) is 4.56. The van der Waals surface area contributed by atoms with Crippen molar-refractivity contribution in [3.63, 3.8) is 0 Å². The lowest BCUT2D eigenvalue weighted by atomic mass is 10.00. The molecule has 0 spiro atoms. The Labute approximate surface area is 261 Å². The summed E-state index contributed by atoms with van der Waals surface area (Å²) < 4.78 is 22.2. The molecule has 11 nitrogen and oxygen atoms in total. The van der Waals surface area contributed by atoms with Crippen molar-refractivity contribution >= 4 is 23.8 Å². The average molecular weight is 616 g/mol. The van der Waals surface area contributed by atoms with Gasteiger partial charge in [0.15, 0.2) is 0 Å². The van der Waals surface area contributed by atoms with Crippen molar-refractivity contribution in [2.24, 2.45) is 5.92 Å². The molecule has 2 saturated heterocycles. The van der Waals surface area contributed by atoms with E-state index in [1.54, 1.807) is 42.2 Å². The number of aromatic nitrogens is 1. The molecule has 2 amide bonds. The van der Waals surface area contributed by atoms with Gasteiger partial charge in [-0.25, -0.2) is 4.79 Å². The van der Waals surface area contributed by atoms with Gasteiger partial charge in [-0.05, 0) is 80.8 Å². The largest absolute Gasteiger partial charge is 0.484 e. The summed E-state index contributed by atoms with van der Waals surface area (Å²) in [7, 11) is 0. The Kier molecular flexibility index (Phi) is 8.86. The van der Waals surface area contributed by atoms with Gasteiger partial charge in [0.2, 0.25) is 11.7 Å². The number of nitrogens with one attached hydrogen (secondary N) is 1. The highest BCUT2D eigenvalue weighted by atomic mass is 16.5. The van der Waals surface area contributed by atoms with E-state index in [0.717, 1.165) is 5.56 Å². The number of rotatable bonds is 10. The first-order valence-corrected chi connectivity index (χ1v) is 15.5. The molecule has 236 valence electrons. The van der Waals surface area contributed by atoms with Gasteiger partial charge in [0, 0.05) is 12.6 Å². The van der Waals surface area contributed by atoms with Crippen molar-refractivity contribution in [2.75, 3.05) is 19.7 Å². The second kappa shape index (κ2) is 13.1. The number of piperidine rings is 1. The van der Waals surface area contributed by atoms with E-state index in [9.17, 15) is 19.2 Å². The summed E-state index contributed by atoms with van der Waals surface area (Å²) >= 11 is 0. The fourth-order valence-electron chi connectivity index (χ4n) is 5.86. The maximum absolute atomic E-state index is 13.0. The van der Waals surface area contributed by atoms with Crippen LogP contribution in [0.1, 0.15) is 88.8 Å². The normalized spacial score (nSPS) is 21.0. The second-order valence-electron chi connectivity index (χ2n) is 12.1. The van der Waals surface area contributed by atoms with Crippen LogP contribution in [0.15, 0.2) is 59.1 Å². The van der Waals surface area contributed by atoms with Crippen LogP contribution in [0.2, 0.25) is 0 Å². The van der Waals surface area contributed by atoms with Crippen LogP contribution in [0.3, 0.4) is 0 Å². The van der Waals surface area contributed by atoms with Crippen molar-refractivity contribution in [3.05, 3.63) is 82.7 Å². The maximum Gasteiger partial charge on any atom is 0.338 e. The van der Waals surface area contributed by atoms with Gasteiger partial charge in [-0.3, -0.25) is 14.4 Å². The van der Waals surface area contributed by atoms with Crippen molar-refractivity contribution in [1.29, 1.82) is 0 Å². The fraction of sp³-hybridized carbons (Fsp3) is 0.441. The van der Waals surface area contributed by atoms with Crippen LogP contribution in [0.5, 0.6) is 5.75 Å². The van der Waals surface area contributed by atoms with E-state index in [1.165, 1.54) is 18.4 Å². The van der Waals surface area contributed by atoms with Crippen molar-refractivity contribution in [3.8, 4) is 5.75 Å². The topological polar surface area (TPSA) is 137 Å². The van der Waals surface area contributed by atoms with Crippen LogP contribution < -0.4 is 10.1 Å². The molecule has 1 aromatic heterocycles. The van der Waals surface area contributed by atoms with Gasteiger partial charge in [0.1, 0.15) is 24.6 Å². The molecule has 6 rings (SSSR count). The minimum Gasteiger partial charge on any atom is -0.484 e. The quantitative estimate of drug-likeness (QED) is 0.327. The van der Waals surface area contributed by atoms with Gasteiger partial charge in [-0.15, -0.1) is 0 Å². The lowest BCUT2D eigenvalue weighted by molar-refractivity contribution is -0.139. The van der Waals surface area contributed by atoms with E-state index in [4.69, 9.17) is 18.7 Å². The number of cyclic esters (lactones) is 1. The predicted molar refractivity (Wildman–Crippen MR) is 160 cm³/mol. The molecule has 2 aromatic carbocycles. The summed E-state index contributed by atoms with van der Waals surface area (Å²) in [5.41, 5.74) is 3.16. The van der Waals surface area contributed by atoms with Crippen molar-refractivity contribution in [2.45, 2.75) is 70.1 Å². The first-order valence-electron chi connectivity index (χ1n) is 15.5. The highest BCUT2D eigenvalue weighted by Crippen LogP contribution is 2.40. The van der Waals surface area contributed by atoms with E-state index in [1.807, 2.05) is 19.1 Å². The number of aryl methyl sites for hydroxylation is 1. The number of ether oxygens (including phenoxy) is 3. The Hall–Kier alpha value is -4.67. The fourth-order valence-corrected chi connectivity index (χ4v) is 5.86. The van der Waals surface area contributed by atoms with Crippen molar-refractivity contribution < 1.29 is 37.9 Å². The molecule has 2 aliphatic heterocycles. The van der Waals surface area contributed by atoms with E-state index in [0.29, 0.717) is 42.3 Å². The molecule has 3 aliphatic rings. The lowest BCUT2D eigenvalue weighted by Crippen LogP contribution is -2.46. The van der Waals surface area contributed by atoms with E-state index < -0.39 is 36.0 Å². The van der Waals surface area contributed by atoms with E-state index in [2.05, 4.69) is 22.6 Å². The highest BCUT2D eigenvalue weighted by molar-refractivity contribution is 5.91. The summed E-state index contributed by atoms with van der Waals surface area (Å²) in [5.74, 6) is -0.599. The molecule has 3 heterocycles. The Morgan fingerprint density at radius 2 is 1.80 bits per heavy atom. The molecule has 1 N–H and O–H groups in total. The van der Waals surface area contributed by atoms with Gasteiger partial charge in [0.05, 0.1) is 36.2 Å². The number of amides is 2. The van der Waals surface area contributed by atoms with Crippen LogP contribution in [0.25, 0.3) is 0 Å². The molecule has 45 heavy (non-hydrogen) atoms. The van der Waals surface area contributed by atoms with Crippen molar-refractivity contribution in [1.82, 2.24) is 15.4 Å². The number of benzene rings is 2. The molecule has 1 aliphatic carbocycles. The first-order chi connectivity index (χ1) is 21.7. The average Bonchev–Trinajstić information content (AvgIpc) is 3.66. The monoisotopic (exact) mass is 615 g/mol. The minimum atomic E-state index is -0.532. The number of carbonyl (C=O) groups is 4. The second-order valence-corrected chi connectivity index (χ2v) is 12.1. The Balaban J connectivity index is 1.10. The standard InChI is InChI=1S/C34H37N3O8/c1-20-16-29(45-36-20)32(39)35-21(2)31(24-9-7-23(8-10-24)22-5-6-22)43-27-13-11-25(12-14-27)34(41)44-28-4-3-15-37(18-28)33(40)26-17-30(38)42-19-26/h7-14,16,21-22,26,28,31H,3-6,15,17-19H2,1-2H3,(H,35,39)/t21?,26-,28+,31?/m1/s1. The van der Waals surface area contributed by atoms with Gasteiger partial charge in [-0.1, -0.05) is 29.4 Å². The SMILES string of the molecule is Cc1cc(C(=O)NC(C)C(Oc2ccc(C(=O)O[C@H]3CCCN(C(=O)[C@H]4COC(=O)C4)C3)cc2)c2ccc(C3CC3)cc2)on1. The van der Waals surface area contributed by atoms with Gasteiger partial charge < -0.3 is 29.0 Å². The molecule has 0 radical (unpaired) electrons. The Morgan fingerprint density at radius 1 is 1.04 bits per heavy atom. The number of nitrogens with zero attached hydrogens (tertiary/aromatic N) is 2. The third-order valence-electron chi connectivity index (χ3n) is 8.50. The van der Waals surface area contributed by atoms with Crippen LogP contribution >= 0.6 is 0 Å². The molecule has 2 unspecified atom stereocenters. The number of esters is 2. The summed E-state index contributed by atoms with van der Waals surface area (Å²) in [5, 5.41) is 6.76. The van der Waals surface area contributed by atoms with Gasteiger partial charge in [-0.2, -0.15) is 0 Å². The maximum atomic E-state index is 13.0. The number of likely N-dealkylation sites (tertiary alicyclic amines) is 1. The first kappa shape index (κ1) is 30.4. The number of hydrogen-bond acceptors (Lipinski definition) is 9. The zero-order valence-electron chi connectivity index (χ0n) is 25.4. The zero-order valence-corrected chi connectivity index (χ0v) is 25.4. The molecule has 0 bridgehead atoms. The molecular formula is C34H37N3O8. The van der Waals surface area contributed by atoms with Crippen LogP contribution in [0.4, 0.5) is 0 Å². The van der Waals surface area contributed by atoms with E-state index >= 15 is 0 Å². The molecule has 4 atom stereocenters. The molecule has 1 saturated carbocycles. The van der Waals surface area contributed by atoms with Gasteiger partial charge >= 0.3 is 11.9 Å². The summed E-state index contributed by atoms with van der Waals surface area (Å²) in [6, 6.07) is 16.1. The Bertz CT molecular complexity index is 1550. The molecule has 11 heteroatoms. The summed E-state index contributed by atoms with van der Waals surface area (Å²) in [4.78, 5) is 51.8. The third-order valence-corrected chi connectivity index (χ3v) is 8.50. The van der Waals surface area contributed by atoms with Crippen LogP contribution in [0, 0.1) is 12.8 Å². The summed E-state index contributed by atoms with van der Waals surface area (Å²) in [6.07, 6.45) is 2.87. The molecule has 3 fully saturated rings. The van der Waals surface area contributed by atoms with Crippen LogP contribution in [-0.2, 0) is 19.1 Å². The number of hydrogen-bond donors (Lipinski definition) is 1. The molecular weight excluding hydrogens is 578 g/mol. The lowest BCUT2D eigenvalue weighted by Gasteiger charge is -2.33.